The van der Waals surface area contributed by atoms with Crippen molar-refractivity contribution >= 4 is 5.65 Å². The molecule has 0 aliphatic carbocycles. The van der Waals surface area contributed by atoms with Crippen LogP contribution in [-0.2, 0) is 0 Å². The SMILES string of the molecule is CCOc1[nH]n2c(C(C)n3c(O)cc(C)c3O)nnc2c1C. The van der Waals surface area contributed by atoms with Gasteiger partial charge in [-0.3, -0.25) is 9.67 Å². The lowest BCUT2D eigenvalue weighted by molar-refractivity contribution is 0.321. The Hall–Kier alpha value is -2.64. The van der Waals surface area contributed by atoms with E-state index in [4.69, 9.17) is 4.74 Å². The second-order valence-corrected chi connectivity index (χ2v) is 5.27. The smallest absolute Gasteiger partial charge is 0.213 e. The molecule has 3 rings (SSSR count). The molecule has 3 N–H and O–H groups in total. The van der Waals surface area contributed by atoms with Crippen LogP contribution in [0.1, 0.15) is 36.8 Å². The molecule has 0 fully saturated rings. The summed E-state index contributed by atoms with van der Waals surface area (Å²) in [6, 6.07) is 1.10. The molecule has 0 amide bonds. The first-order valence-corrected chi connectivity index (χ1v) is 7.11. The summed E-state index contributed by atoms with van der Waals surface area (Å²) in [5.74, 6) is 1.19. The van der Waals surface area contributed by atoms with E-state index in [1.54, 1.807) is 11.4 Å². The molecule has 0 radical (unpaired) electrons. The van der Waals surface area contributed by atoms with Crippen LogP contribution >= 0.6 is 0 Å². The van der Waals surface area contributed by atoms with Crippen molar-refractivity contribution in [3.05, 3.63) is 23.0 Å². The molecule has 3 aromatic heterocycles. The fraction of sp³-hybridized carbons (Fsp3) is 0.429. The number of H-pyrrole nitrogens is 1. The first-order chi connectivity index (χ1) is 10.5. The Balaban J connectivity index is 2.11. The van der Waals surface area contributed by atoms with Crippen LogP contribution in [0.4, 0.5) is 0 Å². The van der Waals surface area contributed by atoms with Gasteiger partial charge in [-0.1, -0.05) is 0 Å². The van der Waals surface area contributed by atoms with Crippen LogP contribution in [0.5, 0.6) is 17.6 Å². The second-order valence-electron chi connectivity index (χ2n) is 5.27. The van der Waals surface area contributed by atoms with Crippen molar-refractivity contribution in [2.75, 3.05) is 6.61 Å². The van der Waals surface area contributed by atoms with E-state index in [9.17, 15) is 10.2 Å². The van der Waals surface area contributed by atoms with Crippen molar-refractivity contribution in [1.29, 1.82) is 0 Å². The third-order valence-corrected chi connectivity index (χ3v) is 3.80. The van der Waals surface area contributed by atoms with Gasteiger partial charge in [-0.05, 0) is 27.7 Å². The highest BCUT2D eigenvalue weighted by molar-refractivity contribution is 5.52. The van der Waals surface area contributed by atoms with E-state index in [1.807, 2.05) is 20.8 Å². The van der Waals surface area contributed by atoms with Gasteiger partial charge in [0.25, 0.3) is 0 Å². The molecule has 8 heteroatoms. The average molecular weight is 305 g/mol. The Morgan fingerprint density at radius 1 is 1.32 bits per heavy atom. The normalized spacial score (nSPS) is 12.9. The van der Waals surface area contributed by atoms with Crippen LogP contribution in [0.25, 0.3) is 5.65 Å². The minimum Gasteiger partial charge on any atom is -0.494 e. The molecule has 0 spiro atoms. The van der Waals surface area contributed by atoms with E-state index >= 15 is 0 Å². The van der Waals surface area contributed by atoms with Crippen molar-refractivity contribution in [1.82, 2.24) is 24.4 Å². The van der Waals surface area contributed by atoms with Gasteiger partial charge >= 0.3 is 0 Å². The first kappa shape index (κ1) is 14.3. The van der Waals surface area contributed by atoms with Gasteiger partial charge in [0.1, 0.15) is 0 Å². The van der Waals surface area contributed by atoms with Crippen molar-refractivity contribution in [3.63, 3.8) is 0 Å². The number of aryl methyl sites for hydroxylation is 2. The van der Waals surface area contributed by atoms with Crippen LogP contribution in [0.2, 0.25) is 0 Å². The Bertz CT molecular complexity index is 829. The van der Waals surface area contributed by atoms with Gasteiger partial charge in [0.2, 0.25) is 5.88 Å². The van der Waals surface area contributed by atoms with E-state index in [0.717, 1.165) is 5.56 Å². The van der Waals surface area contributed by atoms with E-state index < -0.39 is 6.04 Å². The minimum absolute atomic E-state index is 0.00931. The van der Waals surface area contributed by atoms with Gasteiger partial charge in [-0.2, -0.15) is 0 Å². The molecule has 8 nitrogen and oxygen atoms in total. The lowest BCUT2D eigenvalue weighted by Gasteiger charge is -2.14. The molecule has 0 aromatic carbocycles. The molecule has 22 heavy (non-hydrogen) atoms. The fourth-order valence-electron chi connectivity index (χ4n) is 2.62. The number of aromatic hydroxyl groups is 2. The van der Waals surface area contributed by atoms with E-state index in [1.165, 1.54) is 10.6 Å². The number of rotatable bonds is 4. The summed E-state index contributed by atoms with van der Waals surface area (Å²) in [7, 11) is 0. The van der Waals surface area contributed by atoms with Crippen molar-refractivity contribution in [3.8, 4) is 17.6 Å². The molecule has 3 heterocycles. The molecule has 1 atom stereocenters. The number of hydrogen-bond donors (Lipinski definition) is 3. The zero-order chi connectivity index (χ0) is 16.0. The molecule has 0 aliphatic rings. The minimum atomic E-state index is -0.406. The van der Waals surface area contributed by atoms with E-state index in [0.29, 0.717) is 29.5 Å². The maximum atomic E-state index is 10.1. The summed E-state index contributed by atoms with van der Waals surface area (Å²) in [6.45, 7) is 7.90. The maximum Gasteiger partial charge on any atom is 0.213 e. The Morgan fingerprint density at radius 3 is 2.64 bits per heavy atom. The number of hydrogen-bond acceptors (Lipinski definition) is 5. The highest BCUT2D eigenvalue weighted by atomic mass is 16.5. The number of nitrogens with one attached hydrogen (secondary N) is 1. The van der Waals surface area contributed by atoms with Gasteiger partial charge in [-0.25, -0.2) is 4.52 Å². The summed E-state index contributed by atoms with van der Waals surface area (Å²) in [4.78, 5) is 0. The molecule has 1 unspecified atom stereocenters. The fourth-order valence-corrected chi connectivity index (χ4v) is 2.62. The number of aromatic amines is 1. The third-order valence-electron chi connectivity index (χ3n) is 3.80. The maximum absolute atomic E-state index is 10.1. The summed E-state index contributed by atoms with van der Waals surface area (Å²) in [5, 5.41) is 31.6. The zero-order valence-electron chi connectivity index (χ0n) is 13.0. The van der Waals surface area contributed by atoms with Crippen LogP contribution in [-0.4, -0.2) is 41.2 Å². The van der Waals surface area contributed by atoms with Gasteiger partial charge in [0.15, 0.2) is 23.2 Å². The molecule has 3 aromatic rings. The highest BCUT2D eigenvalue weighted by Gasteiger charge is 2.24. The topological polar surface area (TPSA) is 101 Å². The highest BCUT2D eigenvalue weighted by Crippen LogP contribution is 2.34. The largest absolute Gasteiger partial charge is 0.494 e. The van der Waals surface area contributed by atoms with Crippen molar-refractivity contribution in [2.45, 2.75) is 33.7 Å². The Kier molecular flexibility index (Phi) is 3.23. The average Bonchev–Trinajstić information content (AvgIpc) is 3.07. The number of fused-ring (bicyclic) bond motifs is 1. The Morgan fingerprint density at radius 2 is 2.05 bits per heavy atom. The molecular weight excluding hydrogens is 286 g/mol. The summed E-state index contributed by atoms with van der Waals surface area (Å²) >= 11 is 0. The van der Waals surface area contributed by atoms with Gasteiger partial charge in [0.05, 0.1) is 18.2 Å². The summed E-state index contributed by atoms with van der Waals surface area (Å²) in [6.07, 6.45) is 0. The monoisotopic (exact) mass is 305 g/mol. The van der Waals surface area contributed by atoms with Gasteiger partial charge in [0, 0.05) is 11.6 Å². The summed E-state index contributed by atoms with van der Waals surface area (Å²) in [5.41, 5.74) is 2.13. The molecule has 118 valence electrons. The molecule has 0 saturated carbocycles. The predicted octanol–water partition coefficient (Wildman–Crippen LogP) is 1.89. The van der Waals surface area contributed by atoms with Gasteiger partial charge < -0.3 is 14.9 Å². The first-order valence-electron chi connectivity index (χ1n) is 7.11. The predicted molar refractivity (Wildman–Crippen MR) is 79.6 cm³/mol. The number of aromatic nitrogens is 5. The zero-order valence-corrected chi connectivity index (χ0v) is 13.0. The second kappa shape index (κ2) is 4.97. The van der Waals surface area contributed by atoms with E-state index in [-0.39, 0.29) is 11.8 Å². The standard InChI is InChI=1S/C14H19N5O3/c1-5-22-13-8(3)11-15-16-12(19(11)17-13)9(4)18-10(20)6-7(2)14(18)21/h6,9,17,20-21H,5H2,1-4H3. The van der Waals surface area contributed by atoms with Crippen LogP contribution < -0.4 is 4.74 Å². The molecule has 0 saturated heterocycles. The van der Waals surface area contributed by atoms with Crippen LogP contribution in [0.15, 0.2) is 6.07 Å². The molecule has 0 aliphatic heterocycles. The third kappa shape index (κ3) is 1.91. The molecular formula is C14H19N5O3. The van der Waals surface area contributed by atoms with Crippen LogP contribution in [0, 0.1) is 13.8 Å². The Labute approximate surface area is 127 Å². The summed E-state index contributed by atoms with van der Waals surface area (Å²) < 4.78 is 8.63. The number of ether oxygens (including phenoxy) is 1. The quantitative estimate of drug-likeness (QED) is 0.683. The lowest BCUT2D eigenvalue weighted by atomic mass is 10.3. The lowest BCUT2D eigenvalue weighted by Crippen LogP contribution is -2.10. The van der Waals surface area contributed by atoms with Crippen molar-refractivity contribution in [2.24, 2.45) is 0 Å². The van der Waals surface area contributed by atoms with E-state index in [2.05, 4.69) is 15.3 Å². The van der Waals surface area contributed by atoms with Crippen molar-refractivity contribution < 1.29 is 14.9 Å². The van der Waals surface area contributed by atoms with Crippen LogP contribution in [0.3, 0.4) is 0 Å². The molecule has 0 bridgehead atoms. The number of nitrogens with zero attached hydrogens (tertiary/aromatic N) is 4. The van der Waals surface area contributed by atoms with Gasteiger partial charge in [-0.15, -0.1) is 10.2 Å².